The molecule has 0 saturated carbocycles. The number of carbonyl (C=O) groups excluding carboxylic acids is 1. The molecule has 0 radical (unpaired) electrons. The zero-order valence-corrected chi connectivity index (χ0v) is 15.6. The van der Waals surface area contributed by atoms with E-state index in [0.29, 0.717) is 23.4 Å². The number of nitriles is 1. The molecule has 1 atom stereocenters. The molecule has 130 valence electrons. The Morgan fingerprint density at radius 3 is 2.42 bits per heavy atom. The molecule has 5 heteroatoms. The van der Waals surface area contributed by atoms with Crippen LogP contribution in [0.25, 0.3) is 0 Å². The normalized spacial score (nSPS) is 11.5. The summed E-state index contributed by atoms with van der Waals surface area (Å²) in [5.74, 6) is -0.0134. The molecule has 1 unspecified atom stereocenters. The molecule has 0 bridgehead atoms. The third-order valence-corrected chi connectivity index (χ3v) is 5.06. The quantitative estimate of drug-likeness (QED) is 0.645. The highest BCUT2D eigenvalue weighted by Crippen LogP contribution is 2.25. The number of amides is 1. The summed E-state index contributed by atoms with van der Waals surface area (Å²) < 4.78 is 0. The number of benzene rings is 2. The Morgan fingerprint density at radius 2 is 1.81 bits per heavy atom. The number of rotatable bonds is 6. The molecule has 3 rings (SSSR count). The van der Waals surface area contributed by atoms with Gasteiger partial charge in [-0.05, 0) is 64.2 Å². The summed E-state index contributed by atoms with van der Waals surface area (Å²) in [6, 6.07) is 18.8. The second kappa shape index (κ2) is 8.66. The Kier molecular flexibility index (Phi) is 6.06. The van der Waals surface area contributed by atoms with Crippen LogP contribution >= 0.6 is 22.9 Å². The Morgan fingerprint density at radius 1 is 1.08 bits per heavy atom. The Hall–Kier alpha value is -2.61. The van der Waals surface area contributed by atoms with Crippen molar-refractivity contribution in [2.24, 2.45) is 0 Å². The van der Waals surface area contributed by atoms with Crippen molar-refractivity contribution in [2.75, 3.05) is 0 Å². The second-order valence-corrected chi connectivity index (χ2v) is 7.13. The first-order valence-corrected chi connectivity index (χ1v) is 9.54. The van der Waals surface area contributed by atoms with E-state index in [0.717, 1.165) is 16.7 Å². The van der Waals surface area contributed by atoms with E-state index in [1.54, 1.807) is 23.5 Å². The van der Waals surface area contributed by atoms with E-state index in [4.69, 9.17) is 16.9 Å². The molecule has 26 heavy (non-hydrogen) atoms. The van der Waals surface area contributed by atoms with Crippen molar-refractivity contribution in [3.63, 3.8) is 0 Å². The summed E-state index contributed by atoms with van der Waals surface area (Å²) in [5.41, 5.74) is 3.72. The molecule has 1 heterocycles. The third kappa shape index (κ3) is 4.72. The fraction of sp³-hybridized carbons (Fsp3) is 0.143. The highest BCUT2D eigenvalue weighted by atomic mass is 35.5. The van der Waals surface area contributed by atoms with Gasteiger partial charge in [-0.25, -0.2) is 0 Å². The Balaban J connectivity index is 1.67. The number of carbonyl (C=O) groups is 1. The highest BCUT2D eigenvalue weighted by molar-refractivity contribution is 7.08. The van der Waals surface area contributed by atoms with Gasteiger partial charge in [0.05, 0.1) is 17.7 Å². The topological polar surface area (TPSA) is 52.9 Å². The van der Waals surface area contributed by atoms with Crippen LogP contribution in [0.1, 0.15) is 34.7 Å². The minimum absolute atomic E-state index is 0.0134. The number of halogens is 1. The predicted molar refractivity (Wildman–Crippen MR) is 105 cm³/mol. The van der Waals surface area contributed by atoms with Gasteiger partial charge in [0, 0.05) is 11.4 Å². The minimum atomic E-state index is -0.188. The minimum Gasteiger partial charge on any atom is -0.345 e. The molecule has 0 spiro atoms. The molecule has 0 saturated heterocycles. The summed E-state index contributed by atoms with van der Waals surface area (Å²) in [5, 5.41) is 16.7. The zero-order chi connectivity index (χ0) is 18.4. The van der Waals surface area contributed by atoms with Gasteiger partial charge in [0.1, 0.15) is 0 Å². The smallest absolute Gasteiger partial charge is 0.221 e. The average Bonchev–Trinajstić information content (AvgIpc) is 3.20. The number of nitrogens with one attached hydrogen (secondary N) is 1. The fourth-order valence-corrected chi connectivity index (χ4v) is 3.50. The number of hydrogen-bond acceptors (Lipinski definition) is 3. The van der Waals surface area contributed by atoms with Crippen LogP contribution in [-0.4, -0.2) is 5.91 Å². The lowest BCUT2D eigenvalue weighted by Crippen LogP contribution is -2.29. The van der Waals surface area contributed by atoms with Crippen molar-refractivity contribution < 1.29 is 4.79 Å². The van der Waals surface area contributed by atoms with Crippen LogP contribution in [-0.2, 0) is 11.2 Å². The molecule has 0 aliphatic carbocycles. The van der Waals surface area contributed by atoms with Crippen LogP contribution in [0.5, 0.6) is 0 Å². The van der Waals surface area contributed by atoms with Crippen molar-refractivity contribution in [2.45, 2.75) is 18.9 Å². The molecule has 0 aliphatic rings. The average molecular weight is 381 g/mol. The molecule has 0 aliphatic heterocycles. The monoisotopic (exact) mass is 380 g/mol. The lowest BCUT2D eigenvalue weighted by molar-refractivity contribution is -0.121. The van der Waals surface area contributed by atoms with Gasteiger partial charge in [-0.2, -0.15) is 16.6 Å². The summed E-state index contributed by atoms with van der Waals surface area (Å²) in [7, 11) is 0. The van der Waals surface area contributed by atoms with E-state index >= 15 is 0 Å². The highest BCUT2D eigenvalue weighted by Gasteiger charge is 2.17. The van der Waals surface area contributed by atoms with Crippen molar-refractivity contribution >= 4 is 28.8 Å². The molecule has 1 aromatic heterocycles. The van der Waals surface area contributed by atoms with Crippen LogP contribution < -0.4 is 5.32 Å². The SMILES string of the molecule is N#Cc1ccc(CCC(=O)NC(c2ccc(Cl)cc2)c2ccsc2)cc1. The second-order valence-electron chi connectivity index (χ2n) is 5.92. The van der Waals surface area contributed by atoms with E-state index in [1.807, 2.05) is 53.2 Å². The van der Waals surface area contributed by atoms with E-state index in [-0.39, 0.29) is 11.9 Å². The summed E-state index contributed by atoms with van der Waals surface area (Å²) in [6.07, 6.45) is 1.02. The molecule has 1 N–H and O–H groups in total. The standard InChI is InChI=1S/C21H17ClN2OS/c22-19-8-6-17(7-9-19)21(18-11-12-26-14-18)24-20(25)10-5-15-1-3-16(13-23)4-2-15/h1-4,6-9,11-12,14,21H,5,10H2,(H,24,25). The first-order chi connectivity index (χ1) is 12.7. The van der Waals surface area contributed by atoms with E-state index in [9.17, 15) is 4.79 Å². The van der Waals surface area contributed by atoms with Crippen LogP contribution in [0.2, 0.25) is 5.02 Å². The Bertz CT molecular complexity index is 897. The van der Waals surface area contributed by atoms with Gasteiger partial charge < -0.3 is 5.32 Å². The van der Waals surface area contributed by atoms with Crippen molar-refractivity contribution in [1.29, 1.82) is 5.26 Å². The van der Waals surface area contributed by atoms with Gasteiger partial charge in [0.15, 0.2) is 0 Å². The largest absolute Gasteiger partial charge is 0.345 e. The van der Waals surface area contributed by atoms with E-state index in [1.165, 1.54) is 0 Å². The molecule has 1 amide bonds. The van der Waals surface area contributed by atoms with Crippen LogP contribution in [0.15, 0.2) is 65.4 Å². The van der Waals surface area contributed by atoms with Crippen LogP contribution in [0.4, 0.5) is 0 Å². The van der Waals surface area contributed by atoms with Crippen molar-refractivity contribution in [1.82, 2.24) is 5.32 Å². The predicted octanol–water partition coefficient (Wildman–Crippen LogP) is 5.11. The van der Waals surface area contributed by atoms with Crippen LogP contribution in [0, 0.1) is 11.3 Å². The maximum atomic E-state index is 12.5. The molecule has 0 fully saturated rings. The molecular formula is C21H17ClN2OS. The van der Waals surface area contributed by atoms with E-state index < -0.39 is 0 Å². The molecular weight excluding hydrogens is 364 g/mol. The van der Waals surface area contributed by atoms with Crippen LogP contribution in [0.3, 0.4) is 0 Å². The number of aryl methyl sites for hydroxylation is 1. The van der Waals surface area contributed by atoms with Crippen molar-refractivity contribution in [3.8, 4) is 6.07 Å². The van der Waals surface area contributed by atoms with Gasteiger partial charge in [-0.3, -0.25) is 4.79 Å². The zero-order valence-electron chi connectivity index (χ0n) is 14.0. The number of thiophene rings is 1. The third-order valence-electron chi connectivity index (χ3n) is 4.11. The summed E-state index contributed by atoms with van der Waals surface area (Å²) in [4.78, 5) is 12.5. The maximum Gasteiger partial charge on any atom is 0.221 e. The van der Waals surface area contributed by atoms with E-state index in [2.05, 4.69) is 11.4 Å². The fourth-order valence-electron chi connectivity index (χ4n) is 2.69. The first-order valence-electron chi connectivity index (χ1n) is 8.21. The lowest BCUT2D eigenvalue weighted by atomic mass is 10.0. The van der Waals surface area contributed by atoms with Gasteiger partial charge >= 0.3 is 0 Å². The first kappa shape index (κ1) is 18.2. The van der Waals surface area contributed by atoms with Gasteiger partial charge in [0.25, 0.3) is 0 Å². The maximum absolute atomic E-state index is 12.5. The molecule has 3 aromatic rings. The number of hydrogen-bond donors (Lipinski definition) is 1. The van der Waals surface area contributed by atoms with Gasteiger partial charge in [0.2, 0.25) is 5.91 Å². The molecule has 3 nitrogen and oxygen atoms in total. The molecule has 2 aromatic carbocycles. The Labute approximate surface area is 161 Å². The van der Waals surface area contributed by atoms with Gasteiger partial charge in [-0.15, -0.1) is 0 Å². The summed E-state index contributed by atoms with van der Waals surface area (Å²) in [6.45, 7) is 0. The van der Waals surface area contributed by atoms with Crippen molar-refractivity contribution in [3.05, 3.63) is 92.6 Å². The van der Waals surface area contributed by atoms with Gasteiger partial charge in [-0.1, -0.05) is 35.9 Å². The number of nitrogens with zero attached hydrogens (tertiary/aromatic N) is 1. The summed E-state index contributed by atoms with van der Waals surface area (Å²) >= 11 is 7.58. The lowest BCUT2D eigenvalue weighted by Gasteiger charge is -2.19.